The third-order valence-electron chi connectivity index (χ3n) is 2.83. The standard InChI is InChI=1S/C10H20N2O2/c1-6(2)7(3)12-10(13)8-4-14-5-9(8)11/h6-9H,4-5,11H2,1-3H3,(H,12,13). The Morgan fingerprint density at radius 1 is 1.43 bits per heavy atom. The van der Waals surface area contributed by atoms with Gasteiger partial charge in [-0.05, 0) is 12.8 Å². The molecule has 0 saturated carbocycles. The van der Waals surface area contributed by atoms with Crippen LogP contribution in [0.4, 0.5) is 0 Å². The lowest BCUT2D eigenvalue weighted by Gasteiger charge is -2.20. The van der Waals surface area contributed by atoms with Gasteiger partial charge in [0.1, 0.15) is 0 Å². The molecule has 82 valence electrons. The van der Waals surface area contributed by atoms with E-state index in [1.165, 1.54) is 0 Å². The van der Waals surface area contributed by atoms with Crippen LogP contribution in [-0.2, 0) is 9.53 Å². The van der Waals surface area contributed by atoms with Crippen molar-refractivity contribution in [1.82, 2.24) is 5.32 Å². The van der Waals surface area contributed by atoms with Gasteiger partial charge in [0, 0.05) is 12.1 Å². The van der Waals surface area contributed by atoms with Gasteiger partial charge < -0.3 is 15.8 Å². The highest BCUT2D eigenvalue weighted by atomic mass is 16.5. The summed E-state index contributed by atoms with van der Waals surface area (Å²) in [5.41, 5.74) is 5.75. The summed E-state index contributed by atoms with van der Waals surface area (Å²) in [7, 11) is 0. The average Bonchev–Trinajstić information content (AvgIpc) is 2.51. The second-order valence-electron chi connectivity index (χ2n) is 4.35. The smallest absolute Gasteiger partial charge is 0.227 e. The molecule has 3 N–H and O–H groups in total. The van der Waals surface area contributed by atoms with E-state index in [1.807, 2.05) is 6.92 Å². The normalized spacial score (nSPS) is 29.2. The van der Waals surface area contributed by atoms with Crippen molar-refractivity contribution in [3.8, 4) is 0 Å². The molecule has 0 spiro atoms. The predicted octanol–water partition coefficient (Wildman–Crippen LogP) is 0.121. The number of amides is 1. The number of rotatable bonds is 3. The summed E-state index contributed by atoms with van der Waals surface area (Å²) < 4.78 is 5.15. The Morgan fingerprint density at radius 2 is 2.07 bits per heavy atom. The first-order chi connectivity index (χ1) is 6.52. The number of carbonyl (C=O) groups is 1. The molecular formula is C10H20N2O2. The molecule has 1 fully saturated rings. The van der Waals surface area contributed by atoms with Crippen LogP contribution in [0, 0.1) is 11.8 Å². The molecule has 1 saturated heterocycles. The van der Waals surface area contributed by atoms with Crippen LogP contribution in [0.2, 0.25) is 0 Å². The maximum Gasteiger partial charge on any atom is 0.227 e. The summed E-state index contributed by atoms with van der Waals surface area (Å²) in [4.78, 5) is 11.7. The van der Waals surface area contributed by atoms with Crippen molar-refractivity contribution >= 4 is 5.91 Å². The fourth-order valence-electron chi connectivity index (χ4n) is 1.34. The van der Waals surface area contributed by atoms with Crippen molar-refractivity contribution in [2.24, 2.45) is 17.6 Å². The van der Waals surface area contributed by atoms with Crippen LogP contribution in [0.3, 0.4) is 0 Å². The topological polar surface area (TPSA) is 64.3 Å². The summed E-state index contributed by atoms with van der Waals surface area (Å²) >= 11 is 0. The number of hydrogen-bond acceptors (Lipinski definition) is 3. The highest BCUT2D eigenvalue weighted by molar-refractivity contribution is 5.80. The van der Waals surface area contributed by atoms with Crippen LogP contribution in [0.15, 0.2) is 0 Å². The van der Waals surface area contributed by atoms with Gasteiger partial charge in [-0.3, -0.25) is 4.79 Å². The summed E-state index contributed by atoms with van der Waals surface area (Å²) in [6.07, 6.45) is 0. The van der Waals surface area contributed by atoms with Gasteiger partial charge in [0.15, 0.2) is 0 Å². The van der Waals surface area contributed by atoms with Crippen LogP contribution in [0.5, 0.6) is 0 Å². The molecule has 0 bridgehead atoms. The lowest BCUT2D eigenvalue weighted by molar-refractivity contribution is -0.126. The molecule has 3 atom stereocenters. The number of nitrogens with one attached hydrogen (secondary N) is 1. The molecule has 1 aliphatic rings. The minimum atomic E-state index is -0.170. The number of hydrogen-bond donors (Lipinski definition) is 2. The summed E-state index contributed by atoms with van der Waals surface area (Å²) in [5.74, 6) is 0.296. The minimum absolute atomic E-state index is 0.0243. The molecule has 1 rings (SSSR count). The van der Waals surface area contributed by atoms with Crippen molar-refractivity contribution in [2.45, 2.75) is 32.9 Å². The third-order valence-corrected chi connectivity index (χ3v) is 2.83. The van der Waals surface area contributed by atoms with Crippen LogP contribution in [-0.4, -0.2) is 31.2 Å². The van der Waals surface area contributed by atoms with Gasteiger partial charge >= 0.3 is 0 Å². The molecule has 0 aromatic rings. The van der Waals surface area contributed by atoms with Gasteiger partial charge in [0.25, 0.3) is 0 Å². The molecule has 0 radical (unpaired) electrons. The molecule has 0 aromatic heterocycles. The van der Waals surface area contributed by atoms with Crippen molar-refractivity contribution in [3.63, 3.8) is 0 Å². The average molecular weight is 200 g/mol. The van der Waals surface area contributed by atoms with E-state index in [0.29, 0.717) is 19.1 Å². The van der Waals surface area contributed by atoms with Crippen molar-refractivity contribution < 1.29 is 9.53 Å². The van der Waals surface area contributed by atoms with E-state index >= 15 is 0 Å². The Balaban J connectivity index is 2.41. The van der Waals surface area contributed by atoms with Gasteiger partial charge in [-0.25, -0.2) is 0 Å². The molecule has 1 heterocycles. The zero-order valence-corrected chi connectivity index (χ0v) is 9.12. The van der Waals surface area contributed by atoms with E-state index < -0.39 is 0 Å². The molecule has 3 unspecified atom stereocenters. The summed E-state index contributed by atoms with van der Waals surface area (Å²) in [6.45, 7) is 7.11. The molecule has 1 amide bonds. The predicted molar refractivity (Wildman–Crippen MR) is 54.7 cm³/mol. The van der Waals surface area contributed by atoms with Gasteiger partial charge in [-0.15, -0.1) is 0 Å². The van der Waals surface area contributed by atoms with E-state index in [9.17, 15) is 4.79 Å². The largest absolute Gasteiger partial charge is 0.379 e. The first-order valence-corrected chi connectivity index (χ1v) is 5.16. The lowest BCUT2D eigenvalue weighted by atomic mass is 10.0. The number of carbonyl (C=O) groups excluding carboxylic acids is 1. The molecule has 0 aliphatic carbocycles. The van der Waals surface area contributed by atoms with Crippen molar-refractivity contribution in [2.75, 3.05) is 13.2 Å². The molecule has 1 aliphatic heterocycles. The SMILES string of the molecule is CC(C)C(C)NC(=O)C1COCC1N. The first kappa shape index (κ1) is 11.5. The second kappa shape index (κ2) is 4.75. The van der Waals surface area contributed by atoms with Crippen LogP contribution in [0.1, 0.15) is 20.8 Å². The van der Waals surface area contributed by atoms with Gasteiger partial charge in [-0.2, -0.15) is 0 Å². The Hall–Kier alpha value is -0.610. The molecule has 14 heavy (non-hydrogen) atoms. The minimum Gasteiger partial charge on any atom is -0.379 e. The summed E-state index contributed by atoms with van der Waals surface area (Å²) in [6, 6.07) is 0.0460. The van der Waals surface area contributed by atoms with Crippen LogP contribution >= 0.6 is 0 Å². The van der Waals surface area contributed by atoms with Gasteiger partial charge in [0.2, 0.25) is 5.91 Å². The fraction of sp³-hybridized carbons (Fsp3) is 0.900. The molecule has 4 heteroatoms. The monoisotopic (exact) mass is 200 g/mol. The van der Waals surface area contributed by atoms with Crippen molar-refractivity contribution in [1.29, 1.82) is 0 Å². The Labute approximate surface area is 85.2 Å². The molecule has 0 aromatic carbocycles. The first-order valence-electron chi connectivity index (χ1n) is 5.16. The second-order valence-corrected chi connectivity index (χ2v) is 4.35. The molecule has 4 nitrogen and oxygen atoms in total. The third kappa shape index (κ3) is 2.69. The van der Waals surface area contributed by atoms with Gasteiger partial charge in [-0.1, -0.05) is 13.8 Å². The number of nitrogens with two attached hydrogens (primary N) is 1. The highest BCUT2D eigenvalue weighted by Gasteiger charge is 2.31. The maximum atomic E-state index is 11.7. The summed E-state index contributed by atoms with van der Waals surface area (Å²) in [5, 5.41) is 2.95. The Morgan fingerprint density at radius 3 is 2.50 bits per heavy atom. The Bertz CT molecular complexity index is 206. The van der Waals surface area contributed by atoms with E-state index in [2.05, 4.69) is 19.2 Å². The highest BCUT2D eigenvalue weighted by Crippen LogP contribution is 2.12. The van der Waals surface area contributed by atoms with Crippen LogP contribution < -0.4 is 11.1 Å². The fourth-order valence-corrected chi connectivity index (χ4v) is 1.34. The van der Waals surface area contributed by atoms with E-state index in [1.54, 1.807) is 0 Å². The van der Waals surface area contributed by atoms with Crippen molar-refractivity contribution in [3.05, 3.63) is 0 Å². The lowest BCUT2D eigenvalue weighted by Crippen LogP contribution is -2.45. The van der Waals surface area contributed by atoms with E-state index in [-0.39, 0.29) is 23.9 Å². The quantitative estimate of drug-likeness (QED) is 0.680. The Kier molecular flexibility index (Phi) is 3.89. The van der Waals surface area contributed by atoms with Crippen LogP contribution in [0.25, 0.3) is 0 Å². The zero-order valence-electron chi connectivity index (χ0n) is 9.12. The number of ether oxygens (including phenoxy) is 1. The van der Waals surface area contributed by atoms with Gasteiger partial charge in [0.05, 0.1) is 19.1 Å². The molecular weight excluding hydrogens is 180 g/mol. The maximum absolute atomic E-state index is 11.7. The van der Waals surface area contributed by atoms with E-state index in [0.717, 1.165) is 0 Å². The van der Waals surface area contributed by atoms with E-state index in [4.69, 9.17) is 10.5 Å². The zero-order chi connectivity index (χ0) is 10.7.